The van der Waals surface area contributed by atoms with E-state index in [0.29, 0.717) is 18.8 Å². The van der Waals surface area contributed by atoms with Crippen LogP contribution in [-0.2, 0) is 0 Å². The van der Waals surface area contributed by atoms with Crippen molar-refractivity contribution >= 4 is 11.4 Å². The van der Waals surface area contributed by atoms with E-state index in [2.05, 4.69) is 0 Å². The van der Waals surface area contributed by atoms with Gasteiger partial charge in [0, 0.05) is 20.1 Å². The number of para-hydroxylation sites is 1. The summed E-state index contributed by atoms with van der Waals surface area (Å²) in [6.45, 7) is 4.65. The molecule has 100 valence electrons. The number of hydrogen-bond acceptors (Lipinski definition) is 5. The molecule has 0 bridgehead atoms. The molecule has 1 aromatic carbocycles. The van der Waals surface area contributed by atoms with Gasteiger partial charge in [0.1, 0.15) is 5.69 Å². The van der Waals surface area contributed by atoms with Crippen LogP contribution in [0.2, 0.25) is 0 Å². The van der Waals surface area contributed by atoms with Crippen molar-refractivity contribution in [3.63, 3.8) is 0 Å². The van der Waals surface area contributed by atoms with Gasteiger partial charge in [-0.05, 0) is 26.0 Å². The van der Waals surface area contributed by atoms with Gasteiger partial charge >= 0.3 is 5.69 Å². The van der Waals surface area contributed by atoms with E-state index in [1.165, 1.54) is 0 Å². The molecule has 0 aromatic heterocycles. The summed E-state index contributed by atoms with van der Waals surface area (Å²) in [4.78, 5) is 12.5. The SMILES string of the molecule is CC(C)Oc1cccc(N(C)CCN)c1[N+](=O)[O-]. The highest BCUT2D eigenvalue weighted by Crippen LogP contribution is 2.36. The van der Waals surface area contributed by atoms with Crippen molar-refractivity contribution in [2.75, 3.05) is 25.0 Å². The minimum Gasteiger partial charge on any atom is -0.484 e. The maximum atomic E-state index is 11.2. The molecule has 0 atom stereocenters. The summed E-state index contributed by atoms with van der Waals surface area (Å²) >= 11 is 0. The van der Waals surface area contributed by atoms with Crippen molar-refractivity contribution in [3.8, 4) is 5.75 Å². The van der Waals surface area contributed by atoms with Crippen LogP contribution in [-0.4, -0.2) is 31.2 Å². The largest absolute Gasteiger partial charge is 0.484 e. The summed E-state index contributed by atoms with van der Waals surface area (Å²) in [7, 11) is 1.77. The van der Waals surface area contributed by atoms with Crippen molar-refractivity contribution in [3.05, 3.63) is 28.3 Å². The molecule has 1 aromatic rings. The molecule has 18 heavy (non-hydrogen) atoms. The van der Waals surface area contributed by atoms with Crippen molar-refractivity contribution in [1.29, 1.82) is 0 Å². The molecule has 0 aliphatic heterocycles. The number of nitrogens with zero attached hydrogens (tertiary/aromatic N) is 2. The van der Waals surface area contributed by atoms with Crippen molar-refractivity contribution in [1.82, 2.24) is 0 Å². The predicted molar refractivity (Wildman–Crippen MR) is 71.2 cm³/mol. The smallest absolute Gasteiger partial charge is 0.333 e. The third-order valence-corrected chi connectivity index (χ3v) is 2.40. The van der Waals surface area contributed by atoms with Crippen LogP contribution in [0.3, 0.4) is 0 Å². The zero-order valence-electron chi connectivity index (χ0n) is 10.9. The lowest BCUT2D eigenvalue weighted by molar-refractivity contribution is -0.385. The summed E-state index contributed by atoms with van der Waals surface area (Å²) in [5.74, 6) is 0.288. The van der Waals surface area contributed by atoms with E-state index in [4.69, 9.17) is 10.5 Å². The minimum atomic E-state index is -0.417. The second kappa shape index (κ2) is 6.20. The number of anilines is 1. The molecule has 0 aliphatic carbocycles. The molecule has 6 nitrogen and oxygen atoms in total. The number of ether oxygens (including phenoxy) is 1. The first-order valence-electron chi connectivity index (χ1n) is 5.82. The van der Waals surface area contributed by atoms with E-state index in [0.717, 1.165) is 0 Å². The molecule has 1 rings (SSSR count). The van der Waals surface area contributed by atoms with Crippen LogP contribution in [0.15, 0.2) is 18.2 Å². The molecule has 0 saturated carbocycles. The zero-order valence-corrected chi connectivity index (χ0v) is 10.9. The monoisotopic (exact) mass is 253 g/mol. The van der Waals surface area contributed by atoms with E-state index in [1.807, 2.05) is 13.8 Å². The lowest BCUT2D eigenvalue weighted by atomic mass is 10.2. The van der Waals surface area contributed by atoms with Gasteiger partial charge in [-0.2, -0.15) is 0 Å². The molecule has 0 spiro atoms. The van der Waals surface area contributed by atoms with E-state index in [1.54, 1.807) is 30.1 Å². The van der Waals surface area contributed by atoms with Gasteiger partial charge in [-0.1, -0.05) is 6.07 Å². The maximum Gasteiger partial charge on any atom is 0.333 e. The number of hydrogen-bond donors (Lipinski definition) is 1. The summed E-state index contributed by atoms with van der Waals surface area (Å²) in [6.07, 6.45) is -0.112. The molecule has 2 N–H and O–H groups in total. The summed E-state index contributed by atoms with van der Waals surface area (Å²) in [5.41, 5.74) is 5.97. The van der Waals surface area contributed by atoms with E-state index < -0.39 is 4.92 Å². The summed E-state index contributed by atoms with van der Waals surface area (Å²) < 4.78 is 5.48. The Kier molecular flexibility index (Phi) is 4.91. The van der Waals surface area contributed by atoms with Gasteiger partial charge in [0.25, 0.3) is 0 Å². The number of likely N-dealkylation sites (N-methyl/N-ethyl adjacent to an activating group) is 1. The number of benzene rings is 1. The Morgan fingerprint density at radius 2 is 2.17 bits per heavy atom. The van der Waals surface area contributed by atoms with Crippen LogP contribution >= 0.6 is 0 Å². The van der Waals surface area contributed by atoms with Gasteiger partial charge in [0.05, 0.1) is 11.0 Å². The Bertz CT molecular complexity index is 421. The third kappa shape index (κ3) is 3.33. The Morgan fingerprint density at radius 3 is 2.67 bits per heavy atom. The van der Waals surface area contributed by atoms with Crippen molar-refractivity contribution in [2.45, 2.75) is 20.0 Å². The predicted octanol–water partition coefficient (Wildman–Crippen LogP) is 1.78. The van der Waals surface area contributed by atoms with Crippen LogP contribution in [0.4, 0.5) is 11.4 Å². The van der Waals surface area contributed by atoms with E-state index in [9.17, 15) is 10.1 Å². The van der Waals surface area contributed by atoms with Gasteiger partial charge in [-0.25, -0.2) is 0 Å². The van der Waals surface area contributed by atoms with Crippen LogP contribution in [0.25, 0.3) is 0 Å². The minimum absolute atomic E-state index is 0.0119. The molecule has 0 unspecified atom stereocenters. The number of nitro groups is 1. The molecular weight excluding hydrogens is 234 g/mol. The summed E-state index contributed by atoms with van der Waals surface area (Å²) in [6, 6.07) is 5.05. The molecule has 0 radical (unpaired) electrons. The van der Waals surface area contributed by atoms with Gasteiger partial charge in [0.15, 0.2) is 5.75 Å². The molecule has 0 saturated heterocycles. The highest BCUT2D eigenvalue weighted by Gasteiger charge is 2.23. The van der Waals surface area contributed by atoms with Gasteiger partial charge in [0.2, 0.25) is 0 Å². The Morgan fingerprint density at radius 1 is 1.50 bits per heavy atom. The molecule has 0 amide bonds. The fourth-order valence-corrected chi connectivity index (χ4v) is 1.67. The first-order valence-corrected chi connectivity index (χ1v) is 5.82. The van der Waals surface area contributed by atoms with E-state index in [-0.39, 0.29) is 17.5 Å². The van der Waals surface area contributed by atoms with E-state index >= 15 is 0 Å². The lowest BCUT2D eigenvalue weighted by Crippen LogP contribution is -2.25. The number of nitrogens with two attached hydrogens (primary N) is 1. The Labute approximate surface area is 106 Å². The first-order chi connectivity index (χ1) is 8.47. The van der Waals surface area contributed by atoms with Crippen molar-refractivity contribution < 1.29 is 9.66 Å². The van der Waals surface area contributed by atoms with Gasteiger partial charge in [-0.15, -0.1) is 0 Å². The molecule has 0 heterocycles. The lowest BCUT2D eigenvalue weighted by Gasteiger charge is -2.19. The highest BCUT2D eigenvalue weighted by atomic mass is 16.6. The van der Waals surface area contributed by atoms with Crippen LogP contribution < -0.4 is 15.4 Å². The average molecular weight is 253 g/mol. The molecule has 0 aliphatic rings. The number of nitro benzene ring substituents is 1. The average Bonchev–Trinajstić information content (AvgIpc) is 2.27. The molecular formula is C12H19N3O3. The maximum absolute atomic E-state index is 11.2. The highest BCUT2D eigenvalue weighted by molar-refractivity contribution is 5.69. The second-order valence-electron chi connectivity index (χ2n) is 4.26. The summed E-state index contributed by atoms with van der Waals surface area (Å²) in [5, 5.41) is 11.2. The number of rotatable bonds is 6. The van der Waals surface area contributed by atoms with Crippen molar-refractivity contribution in [2.24, 2.45) is 5.73 Å². The topological polar surface area (TPSA) is 81.6 Å². The molecule has 0 fully saturated rings. The first kappa shape index (κ1) is 14.2. The van der Waals surface area contributed by atoms with Crippen LogP contribution in [0.5, 0.6) is 5.75 Å². The van der Waals surface area contributed by atoms with Crippen LogP contribution in [0.1, 0.15) is 13.8 Å². The standard InChI is InChI=1S/C12H19N3O3/c1-9(2)18-11-6-4-5-10(12(11)15(16)17)14(3)8-7-13/h4-6,9H,7-8,13H2,1-3H3. The quantitative estimate of drug-likeness (QED) is 0.617. The Balaban J connectivity index is 3.21. The normalized spacial score (nSPS) is 10.5. The fraction of sp³-hybridized carbons (Fsp3) is 0.500. The fourth-order valence-electron chi connectivity index (χ4n) is 1.67. The van der Waals surface area contributed by atoms with Gasteiger partial charge < -0.3 is 15.4 Å². The second-order valence-corrected chi connectivity index (χ2v) is 4.26. The zero-order chi connectivity index (χ0) is 13.7. The van der Waals surface area contributed by atoms with Gasteiger partial charge in [-0.3, -0.25) is 10.1 Å². The van der Waals surface area contributed by atoms with Crippen LogP contribution in [0, 0.1) is 10.1 Å². The molecule has 6 heteroatoms. The third-order valence-electron chi connectivity index (χ3n) is 2.40. The Hall–Kier alpha value is -1.82.